The van der Waals surface area contributed by atoms with Crippen molar-refractivity contribution >= 4 is 33.0 Å². The number of ether oxygens (including phenoxy) is 1. The summed E-state index contributed by atoms with van der Waals surface area (Å²) in [5.41, 5.74) is 12.7. The third-order valence-corrected chi connectivity index (χ3v) is 6.79. The van der Waals surface area contributed by atoms with Gasteiger partial charge in [-0.2, -0.15) is 0 Å². The highest BCUT2D eigenvalue weighted by Gasteiger charge is 2.22. The number of nitrogens with zero attached hydrogens (tertiary/aromatic N) is 1. The highest BCUT2D eigenvalue weighted by Crippen LogP contribution is 2.42. The average Bonchev–Trinajstić information content (AvgIpc) is 3.20. The van der Waals surface area contributed by atoms with Crippen molar-refractivity contribution in [1.29, 1.82) is 0 Å². The molecule has 5 heteroatoms. The quantitative estimate of drug-likeness (QED) is 0.300. The van der Waals surface area contributed by atoms with E-state index in [1.165, 1.54) is 16.9 Å². The molecule has 0 atom stereocenters. The Morgan fingerprint density at radius 1 is 0.909 bits per heavy atom. The number of benzene rings is 3. The molecule has 3 aromatic carbocycles. The van der Waals surface area contributed by atoms with Crippen LogP contribution >= 0.6 is 11.3 Å². The normalized spacial score (nSPS) is 11.0. The van der Waals surface area contributed by atoms with Gasteiger partial charge < -0.3 is 10.5 Å². The van der Waals surface area contributed by atoms with Crippen molar-refractivity contribution in [2.45, 2.75) is 6.92 Å². The number of anilines is 1. The van der Waals surface area contributed by atoms with Crippen molar-refractivity contribution in [3.05, 3.63) is 101 Å². The molecular formula is C28H22N2O2S. The molecule has 4 nitrogen and oxygen atoms in total. The van der Waals surface area contributed by atoms with Gasteiger partial charge >= 0.3 is 0 Å². The zero-order chi connectivity index (χ0) is 22.9. The van der Waals surface area contributed by atoms with E-state index >= 15 is 0 Å². The number of hydrogen-bond donors (Lipinski definition) is 1. The maximum absolute atomic E-state index is 13.3. The van der Waals surface area contributed by atoms with E-state index in [2.05, 4.69) is 37.3 Å². The Morgan fingerprint density at radius 3 is 2.27 bits per heavy atom. The molecule has 0 fully saturated rings. The number of nitrogen functional groups attached to an aromatic ring is 1. The number of fused-ring (bicyclic) bond motifs is 1. The van der Waals surface area contributed by atoms with Crippen LogP contribution in [0, 0.1) is 6.92 Å². The molecule has 0 bridgehead atoms. The monoisotopic (exact) mass is 450 g/mol. The van der Waals surface area contributed by atoms with Crippen molar-refractivity contribution in [3.8, 4) is 28.1 Å². The van der Waals surface area contributed by atoms with Gasteiger partial charge in [-0.25, -0.2) is 4.98 Å². The summed E-state index contributed by atoms with van der Waals surface area (Å²) < 4.78 is 5.21. The Labute approximate surface area is 196 Å². The van der Waals surface area contributed by atoms with Crippen LogP contribution in [0.3, 0.4) is 0 Å². The summed E-state index contributed by atoms with van der Waals surface area (Å²) in [4.78, 5) is 19.5. The van der Waals surface area contributed by atoms with E-state index in [0.29, 0.717) is 21.9 Å². The number of nitrogens with two attached hydrogens (primary N) is 1. The summed E-state index contributed by atoms with van der Waals surface area (Å²) in [7, 11) is 1.60. The van der Waals surface area contributed by atoms with Gasteiger partial charge in [0.05, 0.1) is 18.5 Å². The van der Waals surface area contributed by atoms with E-state index in [0.717, 1.165) is 32.6 Å². The van der Waals surface area contributed by atoms with Crippen LogP contribution in [0.5, 0.6) is 5.75 Å². The molecule has 2 aromatic heterocycles. The minimum atomic E-state index is -0.116. The third kappa shape index (κ3) is 3.88. The first kappa shape index (κ1) is 20.9. The fraction of sp³-hybridized carbons (Fsp3) is 0.0714. The Morgan fingerprint density at radius 2 is 1.61 bits per heavy atom. The summed E-state index contributed by atoms with van der Waals surface area (Å²) in [6.07, 6.45) is 0. The van der Waals surface area contributed by atoms with Crippen LogP contribution in [0.1, 0.15) is 20.8 Å². The predicted molar refractivity (Wildman–Crippen MR) is 136 cm³/mol. The van der Waals surface area contributed by atoms with Gasteiger partial charge in [0.25, 0.3) is 0 Å². The summed E-state index contributed by atoms with van der Waals surface area (Å²) in [6, 6.07) is 27.5. The molecule has 5 rings (SSSR count). The number of carbonyl (C=O) groups excluding carboxylic acids is 1. The van der Waals surface area contributed by atoms with Crippen molar-refractivity contribution in [2.75, 3.05) is 12.8 Å². The second-order valence-corrected chi connectivity index (χ2v) is 8.87. The third-order valence-electron chi connectivity index (χ3n) is 5.69. The van der Waals surface area contributed by atoms with E-state index < -0.39 is 0 Å². The van der Waals surface area contributed by atoms with Crippen LogP contribution in [-0.2, 0) is 0 Å². The molecule has 0 radical (unpaired) electrons. The SMILES string of the molecule is COc1ccc(C(=O)c2sc3nc(-c4ccccc4)cc(-c4ccc(C)cc4)c3c2N)cc1. The second kappa shape index (κ2) is 8.52. The van der Waals surface area contributed by atoms with Crippen molar-refractivity contribution in [1.82, 2.24) is 4.98 Å². The topological polar surface area (TPSA) is 65.2 Å². The minimum absolute atomic E-state index is 0.116. The van der Waals surface area contributed by atoms with Crippen molar-refractivity contribution < 1.29 is 9.53 Å². The van der Waals surface area contributed by atoms with Gasteiger partial charge in [-0.15, -0.1) is 11.3 Å². The molecule has 0 aliphatic rings. The van der Waals surface area contributed by atoms with Crippen LogP contribution in [0.15, 0.2) is 84.9 Å². The lowest BCUT2D eigenvalue weighted by Gasteiger charge is -2.09. The van der Waals surface area contributed by atoms with E-state index in [9.17, 15) is 4.79 Å². The maximum atomic E-state index is 13.3. The second-order valence-electron chi connectivity index (χ2n) is 7.87. The van der Waals surface area contributed by atoms with E-state index in [1.54, 1.807) is 31.4 Å². The number of thiophene rings is 1. The molecule has 0 saturated heterocycles. The zero-order valence-corrected chi connectivity index (χ0v) is 19.1. The van der Waals surface area contributed by atoms with Gasteiger partial charge in [0.15, 0.2) is 0 Å². The lowest BCUT2D eigenvalue weighted by Crippen LogP contribution is -2.02. The molecule has 0 aliphatic heterocycles. The smallest absolute Gasteiger partial charge is 0.205 e. The fourth-order valence-electron chi connectivity index (χ4n) is 3.88. The predicted octanol–water partition coefficient (Wildman–Crippen LogP) is 6.76. The highest BCUT2D eigenvalue weighted by molar-refractivity contribution is 7.21. The van der Waals surface area contributed by atoms with E-state index in [1.807, 2.05) is 30.3 Å². The molecule has 0 unspecified atom stereocenters. The van der Waals surface area contributed by atoms with Crippen LogP contribution in [-0.4, -0.2) is 17.9 Å². The summed E-state index contributed by atoms with van der Waals surface area (Å²) in [5, 5.41) is 0.820. The van der Waals surface area contributed by atoms with Gasteiger partial charge in [-0.1, -0.05) is 60.2 Å². The first-order valence-electron chi connectivity index (χ1n) is 10.6. The summed E-state index contributed by atoms with van der Waals surface area (Å²) in [5.74, 6) is 0.584. The van der Waals surface area contributed by atoms with Crippen LogP contribution in [0.4, 0.5) is 5.69 Å². The van der Waals surface area contributed by atoms with E-state index in [-0.39, 0.29) is 5.78 Å². The molecule has 2 heterocycles. The number of ketones is 1. The number of aromatic nitrogens is 1. The molecule has 0 aliphatic carbocycles. The molecule has 0 saturated carbocycles. The first-order valence-corrected chi connectivity index (χ1v) is 11.4. The fourth-order valence-corrected chi connectivity index (χ4v) is 4.96. The molecule has 2 N–H and O–H groups in total. The van der Waals surface area contributed by atoms with Crippen LogP contribution < -0.4 is 10.5 Å². The van der Waals surface area contributed by atoms with Gasteiger partial charge in [-0.3, -0.25) is 4.79 Å². The first-order chi connectivity index (χ1) is 16.0. The van der Waals surface area contributed by atoms with Crippen molar-refractivity contribution in [3.63, 3.8) is 0 Å². The number of hydrogen-bond acceptors (Lipinski definition) is 5. The summed E-state index contributed by atoms with van der Waals surface area (Å²) >= 11 is 1.34. The Hall–Kier alpha value is -3.96. The molecule has 5 aromatic rings. The lowest BCUT2D eigenvalue weighted by atomic mass is 9.98. The van der Waals surface area contributed by atoms with Gasteiger partial charge in [0, 0.05) is 16.5 Å². The number of aryl methyl sites for hydroxylation is 1. The Bertz CT molecular complexity index is 1450. The Kier molecular flexibility index (Phi) is 5.40. The van der Waals surface area contributed by atoms with Crippen LogP contribution in [0.2, 0.25) is 0 Å². The van der Waals surface area contributed by atoms with Gasteiger partial charge in [-0.05, 0) is 48.4 Å². The van der Waals surface area contributed by atoms with Crippen molar-refractivity contribution in [2.24, 2.45) is 0 Å². The standard InChI is InChI=1S/C28H22N2O2S/c1-17-8-10-18(11-9-17)22-16-23(19-6-4-3-5-7-19)30-28-24(22)25(29)27(33-28)26(31)20-12-14-21(32-2)15-13-20/h3-16H,29H2,1-2H3. The zero-order valence-electron chi connectivity index (χ0n) is 18.3. The Balaban J connectivity index is 1.72. The number of rotatable bonds is 5. The largest absolute Gasteiger partial charge is 0.497 e. The molecule has 162 valence electrons. The number of carbonyl (C=O) groups is 1. The maximum Gasteiger partial charge on any atom is 0.205 e. The van der Waals surface area contributed by atoms with Gasteiger partial charge in [0.1, 0.15) is 15.5 Å². The molecular weight excluding hydrogens is 428 g/mol. The minimum Gasteiger partial charge on any atom is -0.497 e. The molecule has 0 amide bonds. The summed E-state index contributed by atoms with van der Waals surface area (Å²) in [6.45, 7) is 2.06. The number of methoxy groups -OCH3 is 1. The molecule has 0 spiro atoms. The van der Waals surface area contributed by atoms with E-state index in [4.69, 9.17) is 15.5 Å². The van der Waals surface area contributed by atoms with Gasteiger partial charge in [0.2, 0.25) is 5.78 Å². The highest BCUT2D eigenvalue weighted by atomic mass is 32.1. The molecule has 33 heavy (non-hydrogen) atoms. The lowest BCUT2D eigenvalue weighted by molar-refractivity contribution is 0.104. The number of pyridine rings is 1. The van der Waals surface area contributed by atoms with Crippen LogP contribution in [0.25, 0.3) is 32.6 Å². The average molecular weight is 451 g/mol.